The van der Waals surface area contributed by atoms with E-state index in [-0.39, 0.29) is 22.6 Å². The first-order valence-electron chi connectivity index (χ1n) is 12.6. The summed E-state index contributed by atoms with van der Waals surface area (Å²) in [7, 11) is 1.71. The summed E-state index contributed by atoms with van der Waals surface area (Å²) in [5.74, 6) is -2.47. The highest BCUT2D eigenvalue weighted by Crippen LogP contribution is 2.31. The molecule has 4 aromatic rings. The summed E-state index contributed by atoms with van der Waals surface area (Å²) in [5, 5.41) is 7.78. The minimum Gasteiger partial charge on any atom is -0.379 e. The van der Waals surface area contributed by atoms with Crippen molar-refractivity contribution in [3.63, 3.8) is 0 Å². The molecule has 11 heteroatoms. The standard InChI is InChI=1S/C23H19F2N5O3.C5H12O/c24-14-4-5-15(16(25)10-14)23(33)26-17-2-1-3-18-21(17)22-27-20(32)11-19(30(22)28-18)13-6-8-29(12-31)9-7-13;1-5(2,3)6-4/h1-5,10-13H,6-9H2,(H,26,33)(H,27,32);1-4H3. The Morgan fingerprint density at radius 1 is 1.15 bits per heavy atom. The van der Waals surface area contributed by atoms with Crippen molar-refractivity contribution in [1.82, 2.24) is 19.5 Å². The maximum absolute atomic E-state index is 14.1. The van der Waals surface area contributed by atoms with E-state index in [1.807, 2.05) is 20.8 Å². The molecule has 1 aliphatic heterocycles. The smallest absolute Gasteiger partial charge is 0.258 e. The number of fused-ring (bicyclic) bond motifs is 3. The number of piperidine rings is 1. The number of aromatic nitrogens is 3. The number of aromatic amines is 1. The molecule has 2 aromatic carbocycles. The van der Waals surface area contributed by atoms with Gasteiger partial charge in [-0.3, -0.25) is 14.4 Å². The van der Waals surface area contributed by atoms with Gasteiger partial charge in [0.15, 0.2) is 0 Å². The first kappa shape index (κ1) is 27.9. The Labute approximate surface area is 223 Å². The molecule has 0 aliphatic carbocycles. The van der Waals surface area contributed by atoms with Gasteiger partial charge in [0.25, 0.3) is 11.5 Å². The van der Waals surface area contributed by atoms with E-state index in [0.29, 0.717) is 54.2 Å². The average molecular weight is 540 g/mol. The summed E-state index contributed by atoms with van der Waals surface area (Å²) in [4.78, 5) is 40.7. The molecular formula is C28H31F2N5O4. The summed E-state index contributed by atoms with van der Waals surface area (Å²) in [5.41, 5.74) is 1.41. The largest absolute Gasteiger partial charge is 0.379 e. The van der Waals surface area contributed by atoms with Gasteiger partial charge in [-0.05, 0) is 57.9 Å². The van der Waals surface area contributed by atoms with Crippen LogP contribution in [-0.4, -0.2) is 57.6 Å². The number of likely N-dealkylation sites (tertiary alicyclic amines) is 1. The monoisotopic (exact) mass is 539 g/mol. The van der Waals surface area contributed by atoms with E-state index in [1.54, 1.807) is 34.7 Å². The maximum atomic E-state index is 14.1. The third-order valence-corrected chi connectivity index (χ3v) is 6.60. The number of anilines is 1. The second kappa shape index (κ2) is 11.3. The van der Waals surface area contributed by atoms with E-state index in [1.165, 1.54) is 6.07 Å². The van der Waals surface area contributed by atoms with Crippen LogP contribution in [0.5, 0.6) is 0 Å². The molecule has 0 spiro atoms. The number of halogens is 2. The van der Waals surface area contributed by atoms with Crippen LogP contribution in [0.2, 0.25) is 0 Å². The first-order chi connectivity index (χ1) is 18.5. The number of carbonyl (C=O) groups is 2. The number of benzene rings is 2. The number of nitrogens with one attached hydrogen (secondary N) is 2. The Hall–Kier alpha value is -4.12. The minimum absolute atomic E-state index is 0.0339. The van der Waals surface area contributed by atoms with Crippen LogP contribution in [0, 0.1) is 11.6 Å². The van der Waals surface area contributed by atoms with Gasteiger partial charge in [-0.15, -0.1) is 0 Å². The predicted molar refractivity (Wildman–Crippen MR) is 144 cm³/mol. The molecule has 206 valence electrons. The van der Waals surface area contributed by atoms with E-state index < -0.39 is 17.5 Å². The van der Waals surface area contributed by atoms with Crippen LogP contribution >= 0.6 is 0 Å². The number of rotatable bonds is 4. The summed E-state index contributed by atoms with van der Waals surface area (Å²) < 4.78 is 33.9. The van der Waals surface area contributed by atoms with Crippen molar-refractivity contribution in [2.75, 3.05) is 25.5 Å². The van der Waals surface area contributed by atoms with Gasteiger partial charge in [0.2, 0.25) is 6.41 Å². The summed E-state index contributed by atoms with van der Waals surface area (Å²) in [6.45, 7) is 7.24. The molecular weight excluding hydrogens is 508 g/mol. The van der Waals surface area contributed by atoms with Gasteiger partial charge in [-0.2, -0.15) is 5.10 Å². The van der Waals surface area contributed by atoms with Crippen molar-refractivity contribution < 1.29 is 23.1 Å². The van der Waals surface area contributed by atoms with Crippen LogP contribution in [0.3, 0.4) is 0 Å². The molecule has 1 saturated heterocycles. The van der Waals surface area contributed by atoms with Crippen LogP contribution in [0.4, 0.5) is 14.5 Å². The Bertz CT molecular complexity index is 1570. The highest BCUT2D eigenvalue weighted by Gasteiger charge is 2.24. The lowest BCUT2D eigenvalue weighted by Gasteiger charge is -2.29. The van der Waals surface area contributed by atoms with Crippen LogP contribution in [0.25, 0.3) is 16.6 Å². The molecule has 0 radical (unpaired) electrons. The van der Waals surface area contributed by atoms with Crippen LogP contribution in [-0.2, 0) is 9.53 Å². The number of amides is 2. The lowest BCUT2D eigenvalue weighted by atomic mass is 9.93. The molecule has 0 bridgehead atoms. The molecule has 0 atom stereocenters. The van der Waals surface area contributed by atoms with Crippen LogP contribution < -0.4 is 10.9 Å². The average Bonchev–Trinajstić information content (AvgIpc) is 3.27. The molecule has 9 nitrogen and oxygen atoms in total. The molecule has 2 amide bonds. The molecule has 0 saturated carbocycles. The van der Waals surface area contributed by atoms with Crippen molar-refractivity contribution >= 4 is 34.6 Å². The number of methoxy groups -OCH3 is 1. The highest BCUT2D eigenvalue weighted by molar-refractivity contribution is 6.12. The molecule has 1 fully saturated rings. The van der Waals surface area contributed by atoms with Gasteiger partial charge in [0.1, 0.15) is 17.3 Å². The molecule has 5 rings (SSSR count). The van der Waals surface area contributed by atoms with Crippen molar-refractivity contribution in [1.29, 1.82) is 0 Å². The second-order valence-corrected chi connectivity index (χ2v) is 10.3. The fourth-order valence-corrected chi connectivity index (χ4v) is 4.35. The summed E-state index contributed by atoms with van der Waals surface area (Å²) >= 11 is 0. The van der Waals surface area contributed by atoms with Crippen LogP contribution in [0.1, 0.15) is 55.6 Å². The Kier molecular flexibility index (Phi) is 8.10. The van der Waals surface area contributed by atoms with Gasteiger partial charge >= 0.3 is 0 Å². The SMILES string of the molecule is COC(C)(C)C.O=CN1CCC(c2cc(=O)[nH]c3c4c(NC(=O)c5ccc(F)cc5F)cccc4nn23)CC1. The molecule has 39 heavy (non-hydrogen) atoms. The molecule has 2 aromatic heterocycles. The highest BCUT2D eigenvalue weighted by atomic mass is 19.1. The van der Waals surface area contributed by atoms with E-state index in [4.69, 9.17) is 4.74 Å². The van der Waals surface area contributed by atoms with E-state index in [2.05, 4.69) is 15.4 Å². The van der Waals surface area contributed by atoms with E-state index in [9.17, 15) is 23.2 Å². The maximum Gasteiger partial charge on any atom is 0.258 e. The lowest BCUT2D eigenvalue weighted by Crippen LogP contribution is -2.32. The molecule has 1 aliphatic rings. The lowest BCUT2D eigenvalue weighted by molar-refractivity contribution is -0.119. The Morgan fingerprint density at radius 2 is 1.85 bits per heavy atom. The first-order valence-corrected chi connectivity index (χ1v) is 12.6. The number of carbonyl (C=O) groups excluding carboxylic acids is 2. The quantitative estimate of drug-likeness (QED) is 0.372. The molecule has 0 unspecified atom stereocenters. The minimum atomic E-state index is -0.975. The van der Waals surface area contributed by atoms with Crippen molar-refractivity contribution in [2.24, 2.45) is 0 Å². The normalized spacial score (nSPS) is 14.3. The van der Waals surface area contributed by atoms with Gasteiger partial charge in [0, 0.05) is 38.2 Å². The number of H-pyrrole nitrogens is 1. The summed E-state index contributed by atoms with van der Waals surface area (Å²) in [6, 6.07) is 9.28. The van der Waals surface area contributed by atoms with Crippen LogP contribution in [0.15, 0.2) is 47.3 Å². The predicted octanol–water partition coefficient (Wildman–Crippen LogP) is 4.47. The molecule has 2 N–H and O–H groups in total. The van der Waals surface area contributed by atoms with Crippen molar-refractivity contribution in [3.05, 3.63) is 75.7 Å². The third-order valence-electron chi connectivity index (χ3n) is 6.60. The Morgan fingerprint density at radius 3 is 2.46 bits per heavy atom. The Balaban J connectivity index is 0.000000531. The fourth-order valence-electron chi connectivity index (χ4n) is 4.35. The summed E-state index contributed by atoms with van der Waals surface area (Å²) in [6.07, 6.45) is 2.21. The van der Waals surface area contributed by atoms with Gasteiger partial charge in [-0.1, -0.05) is 6.07 Å². The number of hydrogen-bond donors (Lipinski definition) is 2. The number of ether oxygens (including phenoxy) is 1. The zero-order valence-corrected chi connectivity index (χ0v) is 22.3. The number of nitrogens with zero attached hydrogens (tertiary/aromatic N) is 3. The molecule has 3 heterocycles. The van der Waals surface area contributed by atoms with E-state index >= 15 is 0 Å². The van der Waals surface area contributed by atoms with Crippen molar-refractivity contribution in [2.45, 2.75) is 45.1 Å². The van der Waals surface area contributed by atoms with Gasteiger partial charge < -0.3 is 19.9 Å². The fraction of sp³-hybridized carbons (Fsp3) is 0.357. The second-order valence-electron chi connectivity index (χ2n) is 10.3. The van der Waals surface area contributed by atoms with E-state index in [0.717, 1.165) is 24.2 Å². The zero-order valence-electron chi connectivity index (χ0n) is 22.3. The van der Waals surface area contributed by atoms with Crippen molar-refractivity contribution in [3.8, 4) is 0 Å². The topological polar surface area (TPSA) is 109 Å². The zero-order chi connectivity index (χ0) is 28.3. The van der Waals surface area contributed by atoms with Gasteiger partial charge in [-0.25, -0.2) is 13.3 Å². The van der Waals surface area contributed by atoms with Gasteiger partial charge in [0.05, 0.1) is 33.4 Å². The number of hydrogen-bond acceptors (Lipinski definition) is 5. The third kappa shape index (κ3) is 6.31.